The van der Waals surface area contributed by atoms with E-state index < -0.39 is 0 Å². The van der Waals surface area contributed by atoms with Crippen molar-refractivity contribution in [2.75, 3.05) is 39.8 Å². The lowest BCUT2D eigenvalue weighted by Crippen LogP contribution is -2.54. The maximum Gasteiger partial charge on any atom is 0.317 e. The van der Waals surface area contributed by atoms with Crippen LogP contribution in [0, 0.1) is 0 Å². The van der Waals surface area contributed by atoms with Crippen LogP contribution in [-0.4, -0.2) is 78.6 Å². The highest BCUT2D eigenvalue weighted by Gasteiger charge is 2.26. The predicted octanol–water partition coefficient (Wildman–Crippen LogP) is 3.09. The molecule has 1 saturated heterocycles. The Hall–Kier alpha value is -2.28. The second-order valence-electron chi connectivity index (χ2n) is 9.03. The highest BCUT2D eigenvalue weighted by molar-refractivity contribution is 5.78. The standard InChI is InChI=1S/C24H38N4O3/c1-19(2)31-22-11-7-8-20(16-22)17-25-24(30)28-14-12-27(13-15-28)18-23(29)26(3)21-9-5-4-6-10-21/h7-8,11,16,19,21H,4-6,9-10,12-15,17-18H2,1-3H3,(H,25,30). The van der Waals surface area contributed by atoms with Crippen molar-refractivity contribution in [2.24, 2.45) is 0 Å². The number of hydrogen-bond donors (Lipinski definition) is 1. The number of rotatable bonds is 7. The lowest BCUT2D eigenvalue weighted by molar-refractivity contribution is -0.134. The lowest BCUT2D eigenvalue weighted by Gasteiger charge is -2.36. The first-order chi connectivity index (χ1) is 14.9. The molecule has 2 aliphatic rings. The summed E-state index contributed by atoms with van der Waals surface area (Å²) in [5, 5.41) is 3.00. The average Bonchev–Trinajstić information content (AvgIpc) is 2.78. The van der Waals surface area contributed by atoms with Gasteiger partial charge in [-0.2, -0.15) is 0 Å². The smallest absolute Gasteiger partial charge is 0.317 e. The number of carbonyl (C=O) groups is 2. The molecule has 1 aliphatic carbocycles. The summed E-state index contributed by atoms with van der Waals surface area (Å²) in [4.78, 5) is 31.2. The van der Waals surface area contributed by atoms with Gasteiger partial charge >= 0.3 is 6.03 Å². The molecule has 1 aromatic carbocycles. The largest absolute Gasteiger partial charge is 0.491 e. The van der Waals surface area contributed by atoms with E-state index in [0.29, 0.717) is 32.2 Å². The highest BCUT2D eigenvalue weighted by atomic mass is 16.5. The van der Waals surface area contributed by atoms with Gasteiger partial charge in [0.1, 0.15) is 5.75 Å². The Bertz CT molecular complexity index is 725. The van der Waals surface area contributed by atoms with Crippen molar-refractivity contribution < 1.29 is 14.3 Å². The molecule has 2 fully saturated rings. The van der Waals surface area contributed by atoms with Crippen LogP contribution < -0.4 is 10.1 Å². The third-order valence-electron chi connectivity index (χ3n) is 6.25. The van der Waals surface area contributed by atoms with E-state index in [1.54, 1.807) is 0 Å². The summed E-state index contributed by atoms with van der Waals surface area (Å²) in [5.74, 6) is 1.02. The van der Waals surface area contributed by atoms with Crippen molar-refractivity contribution in [1.29, 1.82) is 0 Å². The van der Waals surface area contributed by atoms with Crippen molar-refractivity contribution in [3.05, 3.63) is 29.8 Å². The maximum atomic E-state index is 12.7. The molecule has 31 heavy (non-hydrogen) atoms. The van der Waals surface area contributed by atoms with Gasteiger partial charge in [-0.25, -0.2) is 4.79 Å². The van der Waals surface area contributed by atoms with E-state index in [9.17, 15) is 9.59 Å². The van der Waals surface area contributed by atoms with Gasteiger partial charge in [-0.05, 0) is 44.4 Å². The Morgan fingerprint density at radius 2 is 1.84 bits per heavy atom. The molecule has 7 heteroatoms. The number of ether oxygens (including phenoxy) is 1. The van der Waals surface area contributed by atoms with Crippen molar-refractivity contribution in [2.45, 2.75) is 64.6 Å². The Kier molecular flexibility index (Phi) is 8.58. The summed E-state index contributed by atoms with van der Waals surface area (Å²) < 4.78 is 5.72. The number of nitrogens with zero attached hydrogens (tertiary/aromatic N) is 3. The van der Waals surface area contributed by atoms with E-state index in [4.69, 9.17) is 4.74 Å². The van der Waals surface area contributed by atoms with Crippen LogP contribution in [0.2, 0.25) is 0 Å². The molecule has 0 unspecified atom stereocenters. The van der Waals surface area contributed by atoms with Gasteiger partial charge in [0.15, 0.2) is 0 Å². The minimum atomic E-state index is -0.0551. The van der Waals surface area contributed by atoms with Crippen molar-refractivity contribution in [3.63, 3.8) is 0 Å². The molecule has 0 aromatic heterocycles. The summed E-state index contributed by atoms with van der Waals surface area (Å²) in [6, 6.07) is 8.17. The van der Waals surface area contributed by atoms with Crippen molar-refractivity contribution in [1.82, 2.24) is 20.0 Å². The monoisotopic (exact) mass is 430 g/mol. The van der Waals surface area contributed by atoms with E-state index >= 15 is 0 Å². The zero-order valence-electron chi connectivity index (χ0n) is 19.3. The van der Waals surface area contributed by atoms with Crippen LogP contribution in [0.5, 0.6) is 5.75 Å². The van der Waals surface area contributed by atoms with E-state index in [1.165, 1.54) is 19.3 Å². The molecule has 7 nitrogen and oxygen atoms in total. The molecule has 1 aliphatic heterocycles. The summed E-state index contributed by atoms with van der Waals surface area (Å²) in [6.07, 6.45) is 6.12. The van der Waals surface area contributed by atoms with Gasteiger partial charge in [0, 0.05) is 45.8 Å². The average molecular weight is 431 g/mol. The number of amides is 3. The molecular formula is C24H38N4O3. The normalized spacial score (nSPS) is 18.1. The zero-order chi connectivity index (χ0) is 22.2. The molecule has 172 valence electrons. The summed E-state index contributed by atoms with van der Waals surface area (Å²) in [5.41, 5.74) is 1.02. The zero-order valence-corrected chi connectivity index (χ0v) is 19.3. The number of piperazine rings is 1. The number of likely N-dealkylation sites (N-methyl/N-ethyl adjacent to an activating group) is 1. The van der Waals surface area contributed by atoms with Gasteiger partial charge < -0.3 is 19.9 Å². The molecular weight excluding hydrogens is 392 g/mol. The van der Waals surface area contributed by atoms with Gasteiger partial charge in [-0.15, -0.1) is 0 Å². The van der Waals surface area contributed by atoms with Crippen LogP contribution >= 0.6 is 0 Å². The van der Waals surface area contributed by atoms with Crippen LogP contribution in [0.15, 0.2) is 24.3 Å². The van der Waals surface area contributed by atoms with Crippen LogP contribution in [0.1, 0.15) is 51.5 Å². The summed E-state index contributed by atoms with van der Waals surface area (Å²) in [6.45, 7) is 7.66. The Morgan fingerprint density at radius 1 is 1.13 bits per heavy atom. The first-order valence-corrected chi connectivity index (χ1v) is 11.7. The molecule has 0 bridgehead atoms. The van der Waals surface area contributed by atoms with Crippen LogP contribution in [0.4, 0.5) is 4.79 Å². The number of urea groups is 1. The van der Waals surface area contributed by atoms with E-state index in [-0.39, 0.29) is 18.0 Å². The van der Waals surface area contributed by atoms with Gasteiger partial charge in [0.25, 0.3) is 0 Å². The quantitative estimate of drug-likeness (QED) is 0.722. The van der Waals surface area contributed by atoms with Gasteiger partial charge in [-0.1, -0.05) is 31.4 Å². The van der Waals surface area contributed by atoms with Gasteiger partial charge in [-0.3, -0.25) is 9.69 Å². The second kappa shape index (κ2) is 11.4. The highest BCUT2D eigenvalue weighted by Crippen LogP contribution is 2.22. The Balaban J connectivity index is 1.39. The SMILES string of the molecule is CC(C)Oc1cccc(CNC(=O)N2CCN(CC(=O)N(C)C3CCCCC3)CC2)c1. The van der Waals surface area contributed by atoms with E-state index in [0.717, 1.165) is 37.2 Å². The number of hydrogen-bond acceptors (Lipinski definition) is 4. The van der Waals surface area contributed by atoms with Crippen molar-refractivity contribution in [3.8, 4) is 5.75 Å². The minimum Gasteiger partial charge on any atom is -0.491 e. The first kappa shape index (κ1) is 23.4. The van der Waals surface area contributed by atoms with Crippen LogP contribution in [-0.2, 0) is 11.3 Å². The fraction of sp³-hybridized carbons (Fsp3) is 0.667. The van der Waals surface area contributed by atoms with Crippen molar-refractivity contribution >= 4 is 11.9 Å². The third kappa shape index (κ3) is 7.13. The fourth-order valence-corrected chi connectivity index (χ4v) is 4.37. The molecule has 0 spiro atoms. The Morgan fingerprint density at radius 3 is 2.52 bits per heavy atom. The third-order valence-corrected chi connectivity index (χ3v) is 6.25. The van der Waals surface area contributed by atoms with Crippen LogP contribution in [0.3, 0.4) is 0 Å². The maximum absolute atomic E-state index is 12.7. The van der Waals surface area contributed by atoms with Gasteiger partial charge in [0.05, 0.1) is 12.6 Å². The molecule has 1 heterocycles. The number of carbonyl (C=O) groups excluding carboxylic acids is 2. The lowest BCUT2D eigenvalue weighted by atomic mass is 9.94. The molecule has 3 amide bonds. The van der Waals surface area contributed by atoms with Gasteiger partial charge in [0.2, 0.25) is 5.91 Å². The molecule has 0 atom stereocenters. The number of nitrogens with one attached hydrogen (secondary N) is 1. The molecule has 0 radical (unpaired) electrons. The van der Waals surface area contributed by atoms with Crippen LogP contribution in [0.25, 0.3) is 0 Å². The number of benzene rings is 1. The minimum absolute atomic E-state index is 0.0551. The predicted molar refractivity (Wildman–Crippen MR) is 122 cm³/mol. The molecule has 1 N–H and O–H groups in total. The topological polar surface area (TPSA) is 65.1 Å². The fourth-order valence-electron chi connectivity index (χ4n) is 4.37. The Labute approximate surface area is 186 Å². The summed E-state index contributed by atoms with van der Waals surface area (Å²) >= 11 is 0. The summed E-state index contributed by atoms with van der Waals surface area (Å²) in [7, 11) is 1.95. The molecule has 1 aromatic rings. The van der Waals surface area contributed by atoms with E-state index in [2.05, 4.69) is 10.2 Å². The first-order valence-electron chi connectivity index (χ1n) is 11.7. The van der Waals surface area contributed by atoms with E-state index in [1.807, 2.05) is 55.0 Å². The molecule has 3 rings (SSSR count). The molecule has 1 saturated carbocycles. The second-order valence-corrected chi connectivity index (χ2v) is 9.03.